The first kappa shape index (κ1) is 14.0. The third-order valence-electron chi connectivity index (χ3n) is 3.73. The van der Waals surface area contributed by atoms with Crippen molar-refractivity contribution in [2.75, 3.05) is 0 Å². The number of benzene rings is 1. The molecule has 0 aliphatic heterocycles. The molecule has 0 aliphatic carbocycles. The summed E-state index contributed by atoms with van der Waals surface area (Å²) in [5, 5.41) is 5.19. The number of para-hydroxylation sites is 1. The van der Waals surface area contributed by atoms with E-state index in [0.29, 0.717) is 5.56 Å². The lowest BCUT2D eigenvalue weighted by molar-refractivity contribution is 0.0955. The highest BCUT2D eigenvalue weighted by atomic mass is 16.2. The van der Waals surface area contributed by atoms with E-state index >= 15 is 0 Å². The van der Waals surface area contributed by atoms with Crippen LogP contribution in [0.15, 0.2) is 53.9 Å². The number of fused-ring (bicyclic) bond motifs is 1. The second-order valence-corrected chi connectivity index (χ2v) is 5.02. The molecule has 5 heteroatoms. The number of rotatable bonds is 3. The van der Waals surface area contributed by atoms with Crippen LogP contribution >= 0.6 is 0 Å². The van der Waals surface area contributed by atoms with Crippen molar-refractivity contribution in [1.29, 1.82) is 0 Å². The molecule has 1 N–H and O–H groups in total. The number of aromatic nitrogens is 2. The van der Waals surface area contributed by atoms with Crippen molar-refractivity contribution in [3.63, 3.8) is 0 Å². The summed E-state index contributed by atoms with van der Waals surface area (Å²) >= 11 is 0. The van der Waals surface area contributed by atoms with Crippen molar-refractivity contribution < 1.29 is 4.79 Å². The number of carbonyl (C=O) groups excluding carboxylic acids is 1. The summed E-state index contributed by atoms with van der Waals surface area (Å²) in [6.45, 7) is 2.03. The van der Waals surface area contributed by atoms with Crippen LogP contribution in [0.5, 0.6) is 0 Å². The van der Waals surface area contributed by atoms with Crippen molar-refractivity contribution in [2.45, 2.75) is 6.92 Å². The van der Waals surface area contributed by atoms with Gasteiger partial charge in [0.05, 0.1) is 11.8 Å². The predicted molar refractivity (Wildman–Crippen MR) is 87.0 cm³/mol. The van der Waals surface area contributed by atoms with E-state index in [-0.39, 0.29) is 5.91 Å². The van der Waals surface area contributed by atoms with Gasteiger partial charge in [-0.15, -0.1) is 0 Å². The van der Waals surface area contributed by atoms with Crippen molar-refractivity contribution in [1.82, 2.24) is 15.0 Å². The topological polar surface area (TPSA) is 59.3 Å². The maximum absolute atomic E-state index is 11.9. The molecule has 22 heavy (non-hydrogen) atoms. The van der Waals surface area contributed by atoms with Gasteiger partial charge in [-0.05, 0) is 25.1 Å². The Kier molecular flexibility index (Phi) is 3.70. The highest BCUT2D eigenvalue weighted by Crippen LogP contribution is 2.22. The van der Waals surface area contributed by atoms with Gasteiger partial charge in [0, 0.05) is 41.6 Å². The van der Waals surface area contributed by atoms with Crippen molar-refractivity contribution in [3.05, 3.63) is 65.6 Å². The van der Waals surface area contributed by atoms with E-state index in [1.54, 1.807) is 24.5 Å². The minimum absolute atomic E-state index is 0.276. The van der Waals surface area contributed by atoms with Crippen LogP contribution in [0.4, 0.5) is 0 Å². The SMILES string of the molecule is Cc1c(C=NNC(=O)c2cccnc2)c2ccccc2n1C. The summed E-state index contributed by atoms with van der Waals surface area (Å²) in [6.07, 6.45) is 4.82. The average Bonchev–Trinajstić information content (AvgIpc) is 2.81. The smallest absolute Gasteiger partial charge is 0.272 e. The van der Waals surface area contributed by atoms with Gasteiger partial charge in [-0.3, -0.25) is 9.78 Å². The minimum atomic E-state index is -0.276. The van der Waals surface area contributed by atoms with E-state index in [2.05, 4.69) is 26.1 Å². The predicted octanol–water partition coefficient (Wildman–Crippen LogP) is 2.65. The van der Waals surface area contributed by atoms with Gasteiger partial charge < -0.3 is 4.57 Å². The van der Waals surface area contributed by atoms with Crippen LogP contribution in [-0.4, -0.2) is 21.7 Å². The maximum Gasteiger partial charge on any atom is 0.272 e. The summed E-state index contributed by atoms with van der Waals surface area (Å²) in [4.78, 5) is 15.8. The minimum Gasteiger partial charge on any atom is -0.347 e. The molecule has 3 rings (SSSR count). The molecule has 1 amide bonds. The largest absolute Gasteiger partial charge is 0.347 e. The quantitative estimate of drug-likeness (QED) is 0.596. The van der Waals surface area contributed by atoms with E-state index < -0.39 is 0 Å². The number of nitrogens with one attached hydrogen (secondary N) is 1. The summed E-state index contributed by atoms with van der Waals surface area (Å²) in [6, 6.07) is 11.5. The van der Waals surface area contributed by atoms with Gasteiger partial charge in [-0.1, -0.05) is 18.2 Å². The number of amides is 1. The number of nitrogens with zero attached hydrogens (tertiary/aromatic N) is 3. The molecule has 0 radical (unpaired) electrons. The fourth-order valence-electron chi connectivity index (χ4n) is 2.43. The van der Waals surface area contributed by atoms with Crippen LogP contribution in [0.25, 0.3) is 10.9 Å². The maximum atomic E-state index is 11.9. The molecule has 0 aliphatic rings. The van der Waals surface area contributed by atoms with Crippen LogP contribution in [0.3, 0.4) is 0 Å². The summed E-state index contributed by atoms with van der Waals surface area (Å²) in [7, 11) is 2.02. The first-order valence-corrected chi connectivity index (χ1v) is 6.96. The lowest BCUT2D eigenvalue weighted by atomic mass is 10.1. The van der Waals surface area contributed by atoms with Gasteiger partial charge in [0.2, 0.25) is 0 Å². The first-order chi connectivity index (χ1) is 10.7. The molecule has 5 nitrogen and oxygen atoms in total. The molecule has 0 bridgehead atoms. The van der Waals surface area contributed by atoms with Crippen LogP contribution < -0.4 is 5.43 Å². The number of hydrazone groups is 1. The second kappa shape index (κ2) is 5.81. The Hall–Kier alpha value is -2.95. The molecule has 3 aromatic rings. The third-order valence-corrected chi connectivity index (χ3v) is 3.73. The zero-order valence-electron chi connectivity index (χ0n) is 12.4. The van der Waals surface area contributed by atoms with E-state index in [0.717, 1.165) is 22.2 Å². The lowest BCUT2D eigenvalue weighted by Crippen LogP contribution is -2.17. The highest BCUT2D eigenvalue weighted by molar-refractivity contribution is 6.02. The van der Waals surface area contributed by atoms with Crippen molar-refractivity contribution in [3.8, 4) is 0 Å². The van der Waals surface area contributed by atoms with Crippen LogP contribution in [0.2, 0.25) is 0 Å². The third kappa shape index (κ3) is 2.48. The molecule has 0 saturated carbocycles. The van der Waals surface area contributed by atoms with Gasteiger partial charge in [-0.2, -0.15) is 5.10 Å². The molecule has 0 unspecified atom stereocenters. The second-order valence-electron chi connectivity index (χ2n) is 5.02. The Labute approximate surface area is 128 Å². The number of pyridine rings is 1. The molecule has 2 heterocycles. The van der Waals surface area contributed by atoms with Gasteiger partial charge >= 0.3 is 0 Å². The Morgan fingerprint density at radius 2 is 2.09 bits per heavy atom. The summed E-state index contributed by atoms with van der Waals surface area (Å²) in [5.74, 6) is -0.276. The molecular weight excluding hydrogens is 276 g/mol. The van der Waals surface area contributed by atoms with E-state index in [4.69, 9.17) is 0 Å². The summed E-state index contributed by atoms with van der Waals surface area (Å²) in [5.41, 5.74) is 6.25. The van der Waals surface area contributed by atoms with Gasteiger partial charge in [0.15, 0.2) is 0 Å². The molecular formula is C17H16N4O. The fraction of sp³-hybridized carbons (Fsp3) is 0.118. The zero-order chi connectivity index (χ0) is 15.5. The van der Waals surface area contributed by atoms with Crippen molar-refractivity contribution >= 4 is 23.0 Å². The Morgan fingerprint density at radius 1 is 1.27 bits per heavy atom. The molecule has 0 saturated heterocycles. The van der Waals surface area contributed by atoms with Gasteiger partial charge in [0.25, 0.3) is 5.91 Å². The fourth-order valence-corrected chi connectivity index (χ4v) is 2.43. The van der Waals surface area contributed by atoms with Crippen LogP contribution in [0.1, 0.15) is 21.6 Å². The molecule has 1 aromatic carbocycles. The molecule has 2 aromatic heterocycles. The van der Waals surface area contributed by atoms with Gasteiger partial charge in [0.1, 0.15) is 0 Å². The molecule has 0 atom stereocenters. The Morgan fingerprint density at radius 3 is 2.86 bits per heavy atom. The first-order valence-electron chi connectivity index (χ1n) is 6.96. The number of hydrogen-bond donors (Lipinski definition) is 1. The molecule has 110 valence electrons. The van der Waals surface area contributed by atoms with Gasteiger partial charge in [-0.25, -0.2) is 5.43 Å². The number of hydrogen-bond acceptors (Lipinski definition) is 3. The zero-order valence-corrected chi connectivity index (χ0v) is 12.4. The average molecular weight is 292 g/mol. The highest BCUT2D eigenvalue weighted by Gasteiger charge is 2.09. The summed E-state index contributed by atoms with van der Waals surface area (Å²) < 4.78 is 2.11. The monoisotopic (exact) mass is 292 g/mol. The van der Waals surface area contributed by atoms with Crippen molar-refractivity contribution in [2.24, 2.45) is 12.1 Å². The number of carbonyl (C=O) groups is 1. The van der Waals surface area contributed by atoms with E-state index in [9.17, 15) is 4.79 Å². The van der Waals surface area contributed by atoms with Crippen LogP contribution in [-0.2, 0) is 7.05 Å². The number of aryl methyl sites for hydroxylation is 1. The molecule has 0 fully saturated rings. The standard InChI is InChI=1S/C17H16N4O/c1-12-15(14-7-3-4-8-16(14)21(12)2)11-19-20-17(22)13-6-5-9-18-10-13/h3-11H,1-2H3,(H,20,22). The Balaban J connectivity index is 1.85. The van der Waals surface area contributed by atoms with E-state index in [1.165, 1.54) is 6.20 Å². The Bertz CT molecular complexity index is 850. The molecule has 0 spiro atoms. The van der Waals surface area contributed by atoms with E-state index in [1.807, 2.05) is 32.2 Å². The lowest BCUT2D eigenvalue weighted by Gasteiger charge is -1.99. The normalized spacial score (nSPS) is 11.2. The van der Waals surface area contributed by atoms with Crippen LogP contribution in [0, 0.1) is 6.92 Å².